The Morgan fingerprint density at radius 2 is 1.47 bits per heavy atom. The fourth-order valence-electron chi connectivity index (χ4n) is 1.88. The molecular formula is C15H9Cl2NO. The van der Waals surface area contributed by atoms with E-state index >= 15 is 0 Å². The first kappa shape index (κ1) is 12.3. The summed E-state index contributed by atoms with van der Waals surface area (Å²) in [5.41, 5.74) is 2.58. The van der Waals surface area contributed by atoms with Crippen molar-refractivity contribution in [1.29, 1.82) is 0 Å². The molecule has 4 heteroatoms. The summed E-state index contributed by atoms with van der Waals surface area (Å²) in [5.74, 6) is 0.646. The second kappa shape index (κ2) is 5.08. The number of halogens is 2. The Balaban J connectivity index is 2.15. The molecule has 0 spiro atoms. The summed E-state index contributed by atoms with van der Waals surface area (Å²) in [6.07, 6.45) is 0. The minimum atomic E-state index is 0.129. The lowest BCUT2D eigenvalue weighted by atomic mass is 10.1. The molecule has 19 heavy (non-hydrogen) atoms. The molecule has 0 radical (unpaired) electrons. The topological polar surface area (TPSA) is 26.0 Å². The van der Waals surface area contributed by atoms with Gasteiger partial charge in [0, 0.05) is 16.1 Å². The standard InChI is InChI=1S/C15H9Cl2NO/c16-12-8-6-11(7-9-12)14-13(18-15(17)19-14)10-4-2-1-3-5-10/h1-9H. The van der Waals surface area contributed by atoms with Crippen molar-refractivity contribution >= 4 is 23.2 Å². The Morgan fingerprint density at radius 3 is 2.16 bits per heavy atom. The molecule has 0 N–H and O–H groups in total. The van der Waals surface area contributed by atoms with Crippen LogP contribution in [0.5, 0.6) is 0 Å². The largest absolute Gasteiger partial charge is 0.427 e. The lowest BCUT2D eigenvalue weighted by Gasteiger charge is -2.01. The predicted octanol–water partition coefficient (Wildman–Crippen LogP) is 5.32. The predicted molar refractivity (Wildman–Crippen MR) is 77.4 cm³/mol. The SMILES string of the molecule is Clc1ccc(-c2oc(Cl)nc2-c2ccccc2)cc1. The van der Waals surface area contributed by atoms with Crippen LogP contribution >= 0.6 is 23.2 Å². The Labute approximate surface area is 120 Å². The van der Waals surface area contributed by atoms with E-state index in [1.807, 2.05) is 54.6 Å². The first-order chi connectivity index (χ1) is 9.24. The third-order valence-electron chi connectivity index (χ3n) is 2.75. The Morgan fingerprint density at radius 1 is 0.789 bits per heavy atom. The molecule has 0 fully saturated rings. The van der Waals surface area contributed by atoms with Crippen molar-refractivity contribution in [3.63, 3.8) is 0 Å². The summed E-state index contributed by atoms with van der Waals surface area (Å²) < 4.78 is 5.51. The first-order valence-corrected chi connectivity index (χ1v) is 6.47. The fourth-order valence-corrected chi connectivity index (χ4v) is 2.17. The molecule has 0 atom stereocenters. The monoisotopic (exact) mass is 289 g/mol. The lowest BCUT2D eigenvalue weighted by molar-refractivity contribution is 0.574. The van der Waals surface area contributed by atoms with Gasteiger partial charge in [-0.1, -0.05) is 41.9 Å². The average Bonchev–Trinajstić information content (AvgIpc) is 2.83. The lowest BCUT2D eigenvalue weighted by Crippen LogP contribution is -1.81. The van der Waals surface area contributed by atoms with Crippen molar-refractivity contribution in [2.24, 2.45) is 0 Å². The Kier molecular flexibility index (Phi) is 3.28. The molecule has 1 aromatic heterocycles. The van der Waals surface area contributed by atoms with Gasteiger partial charge in [-0.25, -0.2) is 0 Å². The van der Waals surface area contributed by atoms with Crippen molar-refractivity contribution in [3.8, 4) is 22.6 Å². The van der Waals surface area contributed by atoms with Crippen LogP contribution in [0.25, 0.3) is 22.6 Å². The second-order valence-electron chi connectivity index (χ2n) is 4.02. The van der Waals surface area contributed by atoms with Gasteiger partial charge in [0.15, 0.2) is 5.76 Å². The zero-order valence-electron chi connectivity index (χ0n) is 9.81. The van der Waals surface area contributed by atoms with Crippen molar-refractivity contribution in [2.45, 2.75) is 0 Å². The number of benzene rings is 2. The Bertz CT molecular complexity index is 690. The average molecular weight is 290 g/mol. The van der Waals surface area contributed by atoms with Crippen LogP contribution in [-0.2, 0) is 0 Å². The van der Waals surface area contributed by atoms with E-state index in [0.29, 0.717) is 10.8 Å². The molecule has 0 unspecified atom stereocenters. The van der Waals surface area contributed by atoms with Crippen LogP contribution in [0, 0.1) is 0 Å². The van der Waals surface area contributed by atoms with Crippen LogP contribution in [0.1, 0.15) is 0 Å². The third-order valence-corrected chi connectivity index (χ3v) is 3.17. The van der Waals surface area contributed by atoms with Crippen LogP contribution in [0.2, 0.25) is 10.4 Å². The van der Waals surface area contributed by atoms with Gasteiger partial charge in [-0.2, -0.15) is 4.98 Å². The maximum absolute atomic E-state index is 5.89. The highest BCUT2D eigenvalue weighted by atomic mass is 35.5. The van der Waals surface area contributed by atoms with Gasteiger partial charge in [-0.15, -0.1) is 0 Å². The summed E-state index contributed by atoms with van der Waals surface area (Å²) in [6.45, 7) is 0. The molecule has 2 aromatic carbocycles. The minimum Gasteiger partial charge on any atom is -0.427 e. The molecule has 94 valence electrons. The van der Waals surface area contributed by atoms with E-state index in [-0.39, 0.29) is 5.35 Å². The molecule has 2 nitrogen and oxygen atoms in total. The summed E-state index contributed by atoms with van der Waals surface area (Å²) in [7, 11) is 0. The van der Waals surface area contributed by atoms with Crippen molar-refractivity contribution in [2.75, 3.05) is 0 Å². The number of hydrogen-bond donors (Lipinski definition) is 0. The Hall–Kier alpha value is -1.77. The first-order valence-electron chi connectivity index (χ1n) is 5.72. The number of aromatic nitrogens is 1. The van der Waals surface area contributed by atoms with E-state index in [4.69, 9.17) is 27.6 Å². The zero-order chi connectivity index (χ0) is 13.2. The molecule has 0 aliphatic carbocycles. The van der Waals surface area contributed by atoms with E-state index in [9.17, 15) is 0 Å². The second-order valence-corrected chi connectivity index (χ2v) is 4.78. The smallest absolute Gasteiger partial charge is 0.293 e. The molecule has 1 heterocycles. The molecule has 0 bridgehead atoms. The van der Waals surface area contributed by atoms with Gasteiger partial charge < -0.3 is 4.42 Å². The van der Waals surface area contributed by atoms with Gasteiger partial charge in [-0.05, 0) is 35.9 Å². The molecule has 0 saturated carbocycles. The zero-order valence-corrected chi connectivity index (χ0v) is 11.3. The van der Waals surface area contributed by atoms with Crippen molar-refractivity contribution in [3.05, 3.63) is 65.0 Å². The highest BCUT2D eigenvalue weighted by molar-refractivity contribution is 6.30. The van der Waals surface area contributed by atoms with E-state index in [0.717, 1.165) is 16.8 Å². The molecule has 0 saturated heterocycles. The number of oxazole rings is 1. The molecule has 3 aromatic rings. The van der Waals surface area contributed by atoms with E-state index in [1.54, 1.807) is 0 Å². The number of hydrogen-bond acceptors (Lipinski definition) is 2. The highest BCUT2D eigenvalue weighted by Gasteiger charge is 2.15. The summed E-state index contributed by atoms with van der Waals surface area (Å²) >= 11 is 11.8. The maximum Gasteiger partial charge on any atom is 0.293 e. The quantitative estimate of drug-likeness (QED) is 0.638. The van der Waals surface area contributed by atoms with Crippen LogP contribution in [0.4, 0.5) is 0 Å². The molecular weight excluding hydrogens is 281 g/mol. The summed E-state index contributed by atoms with van der Waals surface area (Å²) in [5, 5.41) is 0.805. The van der Waals surface area contributed by atoms with Crippen LogP contribution in [-0.4, -0.2) is 4.98 Å². The van der Waals surface area contributed by atoms with E-state index < -0.39 is 0 Å². The van der Waals surface area contributed by atoms with Crippen LogP contribution in [0.3, 0.4) is 0 Å². The minimum absolute atomic E-state index is 0.129. The van der Waals surface area contributed by atoms with Gasteiger partial charge in [-0.3, -0.25) is 0 Å². The summed E-state index contributed by atoms with van der Waals surface area (Å²) in [4.78, 5) is 4.25. The van der Waals surface area contributed by atoms with Crippen molar-refractivity contribution < 1.29 is 4.42 Å². The molecule has 0 aliphatic rings. The van der Waals surface area contributed by atoms with Gasteiger partial charge >= 0.3 is 0 Å². The summed E-state index contributed by atoms with van der Waals surface area (Å²) in [6, 6.07) is 17.2. The third kappa shape index (κ3) is 2.50. The van der Waals surface area contributed by atoms with Gasteiger partial charge in [0.05, 0.1) is 0 Å². The van der Waals surface area contributed by atoms with Crippen LogP contribution < -0.4 is 0 Å². The van der Waals surface area contributed by atoms with Gasteiger partial charge in [0.1, 0.15) is 5.69 Å². The number of rotatable bonds is 2. The normalized spacial score (nSPS) is 10.6. The number of nitrogens with zero attached hydrogens (tertiary/aromatic N) is 1. The molecule has 3 rings (SSSR count). The fraction of sp³-hybridized carbons (Fsp3) is 0. The molecule has 0 aliphatic heterocycles. The van der Waals surface area contributed by atoms with Crippen molar-refractivity contribution in [1.82, 2.24) is 4.98 Å². The van der Waals surface area contributed by atoms with E-state index in [2.05, 4.69) is 4.98 Å². The van der Waals surface area contributed by atoms with Gasteiger partial charge in [0.2, 0.25) is 0 Å². The maximum atomic E-state index is 5.89. The van der Waals surface area contributed by atoms with Crippen LogP contribution in [0.15, 0.2) is 59.0 Å². The van der Waals surface area contributed by atoms with E-state index in [1.165, 1.54) is 0 Å². The molecule has 0 amide bonds. The van der Waals surface area contributed by atoms with Gasteiger partial charge in [0.25, 0.3) is 5.35 Å². The highest BCUT2D eigenvalue weighted by Crippen LogP contribution is 2.34.